The van der Waals surface area contributed by atoms with Crippen LogP contribution in [0.25, 0.3) is 0 Å². The molecule has 42 heavy (non-hydrogen) atoms. The zero-order valence-electron chi connectivity index (χ0n) is 26.7. The first-order valence-electron chi connectivity index (χ1n) is 15.1. The summed E-state index contributed by atoms with van der Waals surface area (Å²) in [5.41, 5.74) is 3.75. The number of Topliss-reactive ketones (excluding diaryl/α,β-unsaturated/α-hetero) is 1. The van der Waals surface area contributed by atoms with Crippen molar-refractivity contribution in [3.63, 3.8) is 0 Å². The summed E-state index contributed by atoms with van der Waals surface area (Å²) < 4.78 is 29.3. The summed E-state index contributed by atoms with van der Waals surface area (Å²) in [5, 5.41) is 23.1. The molecule has 4 N–H and O–H groups in total. The van der Waals surface area contributed by atoms with E-state index in [4.69, 9.17) is 29.4 Å². The molecule has 0 aromatic rings. The second-order valence-corrected chi connectivity index (χ2v) is 13.4. The number of cyclic esters (lactones) is 1. The molecule has 3 rings (SSSR count). The largest absolute Gasteiger partial charge is 0.509 e. The lowest BCUT2D eigenvalue weighted by atomic mass is 9.73. The monoisotopic (exact) mass is 600 g/mol. The Kier molecular flexibility index (Phi) is 10.8. The van der Waals surface area contributed by atoms with Crippen LogP contribution in [0.5, 0.6) is 0 Å². The van der Waals surface area contributed by atoms with Crippen molar-refractivity contribution in [2.45, 2.75) is 135 Å². The summed E-state index contributed by atoms with van der Waals surface area (Å²) in [4.78, 5) is 41.4. The normalized spacial score (nSPS) is 47.7. The standard InChI is InChI=1S/C30H52N2O10/c1-11-20-30(8)25(41-28(36)42-30)16(4)21(31)14(2)13-29(7,37)24(17(5)22(33)18(6)26(35)39-20)40-27-23(34)19(32(9)10)12-15(3)38-27/h14-21,23-25,27,34,37H,11-13,31H2,1-10H3/t14-,15-,16+,17+,18-,19+,20-,21+,23-,24-,25-,27+,29+,30-/m1/s1. The molecule has 0 aromatic carbocycles. The maximum atomic E-state index is 13.8. The Morgan fingerprint density at radius 3 is 2.26 bits per heavy atom. The number of rotatable bonds is 4. The van der Waals surface area contributed by atoms with Crippen LogP contribution in [0.4, 0.5) is 4.79 Å². The van der Waals surface area contributed by atoms with Gasteiger partial charge in [0.1, 0.15) is 18.1 Å². The number of ether oxygens (including phenoxy) is 5. The zero-order chi connectivity index (χ0) is 31.9. The van der Waals surface area contributed by atoms with Gasteiger partial charge in [0.25, 0.3) is 0 Å². The number of fused-ring (bicyclic) bond motifs is 1. The molecule has 14 atom stereocenters. The van der Waals surface area contributed by atoms with Crippen LogP contribution in [0.3, 0.4) is 0 Å². The molecule has 0 aliphatic carbocycles. The lowest BCUT2D eigenvalue weighted by molar-refractivity contribution is -0.293. The summed E-state index contributed by atoms with van der Waals surface area (Å²) in [6.07, 6.45) is -5.26. The van der Waals surface area contributed by atoms with Gasteiger partial charge in [0.2, 0.25) is 0 Å². The minimum Gasteiger partial charge on any atom is -0.457 e. The number of carbonyl (C=O) groups is 3. The van der Waals surface area contributed by atoms with Gasteiger partial charge in [0.05, 0.1) is 17.8 Å². The summed E-state index contributed by atoms with van der Waals surface area (Å²) in [6, 6.07) is -0.862. The molecule has 3 heterocycles. The molecule has 12 heteroatoms. The molecule has 0 bridgehead atoms. The molecule has 12 nitrogen and oxygen atoms in total. The first-order valence-corrected chi connectivity index (χ1v) is 15.1. The van der Waals surface area contributed by atoms with Gasteiger partial charge in [-0.15, -0.1) is 0 Å². The Morgan fingerprint density at radius 2 is 1.69 bits per heavy atom. The molecule has 0 saturated carbocycles. The van der Waals surface area contributed by atoms with Crippen LogP contribution >= 0.6 is 0 Å². The predicted octanol–water partition coefficient (Wildman–Crippen LogP) is 2.01. The molecule has 242 valence electrons. The van der Waals surface area contributed by atoms with Crippen molar-refractivity contribution in [1.82, 2.24) is 4.90 Å². The van der Waals surface area contributed by atoms with E-state index < -0.39 is 83.6 Å². The first kappa shape index (κ1) is 34.7. The second-order valence-electron chi connectivity index (χ2n) is 13.4. The number of carbonyl (C=O) groups excluding carboxylic acids is 3. The number of aliphatic hydroxyl groups is 2. The van der Waals surface area contributed by atoms with Crippen molar-refractivity contribution in [2.75, 3.05) is 14.1 Å². The molecule has 3 aliphatic heterocycles. The third kappa shape index (κ3) is 6.78. The van der Waals surface area contributed by atoms with Crippen LogP contribution < -0.4 is 5.73 Å². The van der Waals surface area contributed by atoms with E-state index in [0.717, 1.165) is 0 Å². The van der Waals surface area contributed by atoms with Gasteiger partial charge in [-0.1, -0.05) is 27.7 Å². The highest BCUT2D eigenvalue weighted by molar-refractivity contribution is 6.00. The van der Waals surface area contributed by atoms with Crippen LogP contribution in [0, 0.1) is 23.7 Å². The molecule has 0 unspecified atom stereocenters. The average Bonchev–Trinajstić information content (AvgIpc) is 3.22. The maximum absolute atomic E-state index is 13.8. The van der Waals surface area contributed by atoms with Gasteiger partial charge in [0.15, 0.2) is 23.8 Å². The lowest BCUT2D eigenvalue weighted by Gasteiger charge is -2.46. The number of nitrogens with two attached hydrogens (primary N) is 1. The van der Waals surface area contributed by atoms with Crippen LogP contribution in [-0.4, -0.2) is 107 Å². The number of ketones is 1. The molecule has 3 aliphatic rings. The molecule has 0 spiro atoms. The highest BCUT2D eigenvalue weighted by Crippen LogP contribution is 2.41. The molecule has 3 fully saturated rings. The van der Waals surface area contributed by atoms with E-state index in [9.17, 15) is 24.6 Å². The highest BCUT2D eigenvalue weighted by atomic mass is 16.8. The van der Waals surface area contributed by atoms with Gasteiger partial charge in [-0.25, -0.2) is 4.79 Å². The number of esters is 1. The fraction of sp³-hybridized carbons (Fsp3) is 0.900. The van der Waals surface area contributed by atoms with Crippen LogP contribution in [0.15, 0.2) is 0 Å². The Morgan fingerprint density at radius 1 is 1.07 bits per heavy atom. The lowest BCUT2D eigenvalue weighted by Crippen LogP contribution is -2.60. The molecule has 0 radical (unpaired) electrons. The van der Waals surface area contributed by atoms with Gasteiger partial charge >= 0.3 is 12.1 Å². The SMILES string of the molecule is CC[C@H]1OC(=O)[C@H](C)C(=O)[C@H](C)[C@@H](O[C@@H]2O[C@H](C)C[C@H](N(C)C)[C@H]2O)[C@@](C)(O)C[C@@H](C)[C@H](N)[C@H](C)[C@H]2OC(=O)O[C@@]21C. The second kappa shape index (κ2) is 13.0. The van der Waals surface area contributed by atoms with E-state index >= 15 is 0 Å². The Hall–Kier alpha value is -1.83. The van der Waals surface area contributed by atoms with Crippen molar-refractivity contribution in [3.8, 4) is 0 Å². The van der Waals surface area contributed by atoms with Crippen LogP contribution in [0.2, 0.25) is 0 Å². The van der Waals surface area contributed by atoms with E-state index in [1.165, 1.54) is 6.92 Å². The van der Waals surface area contributed by atoms with Crippen molar-refractivity contribution < 1.29 is 48.3 Å². The Balaban J connectivity index is 2.04. The predicted molar refractivity (Wildman–Crippen MR) is 152 cm³/mol. The number of nitrogens with zero attached hydrogens (tertiary/aromatic N) is 1. The maximum Gasteiger partial charge on any atom is 0.509 e. The highest BCUT2D eigenvalue weighted by Gasteiger charge is 2.58. The van der Waals surface area contributed by atoms with Gasteiger partial charge in [0, 0.05) is 23.9 Å². The van der Waals surface area contributed by atoms with E-state index in [2.05, 4.69) is 0 Å². The van der Waals surface area contributed by atoms with Gasteiger partial charge in [-0.05, 0) is 67.0 Å². The van der Waals surface area contributed by atoms with Crippen molar-refractivity contribution in [1.29, 1.82) is 0 Å². The van der Waals surface area contributed by atoms with E-state index in [1.54, 1.807) is 27.7 Å². The summed E-state index contributed by atoms with van der Waals surface area (Å²) in [6.45, 7) is 13.6. The summed E-state index contributed by atoms with van der Waals surface area (Å²) >= 11 is 0. The fourth-order valence-electron chi connectivity index (χ4n) is 7.09. The molecule has 0 amide bonds. The zero-order valence-corrected chi connectivity index (χ0v) is 26.7. The third-order valence-corrected chi connectivity index (χ3v) is 9.69. The quantitative estimate of drug-likeness (QED) is 0.318. The molecule has 3 saturated heterocycles. The van der Waals surface area contributed by atoms with Crippen LogP contribution in [-0.2, 0) is 33.3 Å². The average molecular weight is 601 g/mol. The van der Waals surface area contributed by atoms with E-state index in [-0.39, 0.29) is 24.5 Å². The van der Waals surface area contributed by atoms with Gasteiger partial charge in [-0.2, -0.15) is 0 Å². The summed E-state index contributed by atoms with van der Waals surface area (Å²) in [7, 11) is 3.71. The topological polar surface area (TPSA) is 167 Å². The molecular weight excluding hydrogens is 548 g/mol. The van der Waals surface area contributed by atoms with Crippen molar-refractivity contribution in [2.24, 2.45) is 29.4 Å². The fourth-order valence-corrected chi connectivity index (χ4v) is 7.09. The van der Waals surface area contributed by atoms with E-state index in [1.807, 2.05) is 39.8 Å². The Labute approximate surface area is 249 Å². The summed E-state index contributed by atoms with van der Waals surface area (Å²) in [5.74, 6) is -4.32. The van der Waals surface area contributed by atoms with Crippen LogP contribution in [0.1, 0.15) is 74.7 Å². The number of hydrogen-bond donors (Lipinski definition) is 3. The minimum absolute atomic E-state index is 0.102. The molecular formula is C30H52N2O10. The molecule has 0 aromatic heterocycles. The van der Waals surface area contributed by atoms with Gasteiger partial charge < -0.3 is 44.5 Å². The number of likely N-dealkylation sites (N-methyl/N-ethyl adjacent to an activating group) is 1. The number of aliphatic hydroxyl groups excluding tert-OH is 1. The minimum atomic E-state index is -1.64. The van der Waals surface area contributed by atoms with Crippen molar-refractivity contribution >= 4 is 17.9 Å². The van der Waals surface area contributed by atoms with Crippen molar-refractivity contribution in [3.05, 3.63) is 0 Å². The third-order valence-electron chi connectivity index (χ3n) is 9.69. The van der Waals surface area contributed by atoms with Gasteiger partial charge in [-0.3, -0.25) is 9.59 Å². The van der Waals surface area contributed by atoms with E-state index in [0.29, 0.717) is 12.8 Å². The smallest absolute Gasteiger partial charge is 0.457 e. The Bertz CT molecular complexity index is 991. The number of hydrogen-bond acceptors (Lipinski definition) is 12. The first-order chi connectivity index (χ1) is 19.3.